The average molecular weight is 338 g/mol. The molecule has 2 bridgehead atoms. The highest BCUT2D eigenvalue weighted by molar-refractivity contribution is 5.05. The Kier molecular flexibility index (Phi) is 5.47. The summed E-state index contributed by atoms with van der Waals surface area (Å²) in [6, 6.07) is 0. The highest BCUT2D eigenvalue weighted by Gasteiger charge is 2.56. The first kappa shape index (κ1) is 17.3. The van der Waals surface area contributed by atoms with E-state index in [1.54, 1.807) is 0 Å². The monoisotopic (exact) mass is 338 g/mol. The maximum atomic E-state index is 5.90. The van der Waals surface area contributed by atoms with E-state index < -0.39 is 0 Å². The van der Waals surface area contributed by atoms with Crippen molar-refractivity contribution in [3.05, 3.63) is 0 Å². The van der Waals surface area contributed by atoms with Crippen LogP contribution >= 0.6 is 0 Å². The largest absolute Gasteiger partial charge is 0.379 e. The number of fused-ring (bicyclic) bond motifs is 5. The van der Waals surface area contributed by atoms with E-state index in [4.69, 9.17) is 18.9 Å². The summed E-state index contributed by atoms with van der Waals surface area (Å²) in [6.45, 7) is 8.12. The summed E-state index contributed by atoms with van der Waals surface area (Å²) in [5.74, 6) is 5.55. The first-order valence-corrected chi connectivity index (χ1v) is 10.1. The summed E-state index contributed by atoms with van der Waals surface area (Å²) in [7, 11) is 0. The molecule has 24 heavy (non-hydrogen) atoms. The molecule has 0 amide bonds. The van der Waals surface area contributed by atoms with Crippen LogP contribution in [0.15, 0.2) is 0 Å². The number of hydrogen-bond donors (Lipinski definition) is 0. The van der Waals surface area contributed by atoms with E-state index in [0.717, 1.165) is 61.9 Å². The molecule has 3 saturated carbocycles. The predicted octanol–water partition coefficient (Wildman–Crippen LogP) is 3.49. The molecule has 0 radical (unpaired) electrons. The van der Waals surface area contributed by atoms with Crippen LogP contribution in [0.2, 0.25) is 0 Å². The summed E-state index contributed by atoms with van der Waals surface area (Å²) in [5, 5.41) is 0. The number of epoxide rings is 1. The maximum Gasteiger partial charge on any atom is 0.147 e. The third kappa shape index (κ3) is 3.67. The lowest BCUT2D eigenvalue weighted by Gasteiger charge is -2.31. The zero-order valence-electron chi connectivity index (χ0n) is 15.3. The van der Waals surface area contributed by atoms with Gasteiger partial charge in [-0.15, -0.1) is 0 Å². The van der Waals surface area contributed by atoms with Crippen molar-refractivity contribution < 1.29 is 18.9 Å². The zero-order valence-corrected chi connectivity index (χ0v) is 15.3. The van der Waals surface area contributed by atoms with Gasteiger partial charge in [0.25, 0.3) is 0 Å². The molecule has 138 valence electrons. The van der Waals surface area contributed by atoms with E-state index in [1.165, 1.54) is 32.1 Å². The van der Waals surface area contributed by atoms with Crippen molar-refractivity contribution in [3.8, 4) is 0 Å². The second-order valence-corrected chi connectivity index (χ2v) is 8.52. The third-order valence-electron chi connectivity index (χ3n) is 7.26. The molecule has 3 aliphatic carbocycles. The molecule has 4 aliphatic rings. The molecule has 8 atom stereocenters. The van der Waals surface area contributed by atoms with E-state index in [0.29, 0.717) is 19.0 Å². The van der Waals surface area contributed by atoms with Gasteiger partial charge in [-0.2, -0.15) is 0 Å². The maximum absolute atomic E-state index is 5.90. The first-order chi connectivity index (χ1) is 11.8. The van der Waals surface area contributed by atoms with Crippen molar-refractivity contribution in [1.29, 1.82) is 0 Å². The lowest BCUT2D eigenvalue weighted by molar-refractivity contribution is -0.0973. The van der Waals surface area contributed by atoms with Crippen LogP contribution in [0.3, 0.4) is 0 Å². The smallest absolute Gasteiger partial charge is 0.147 e. The molecular weight excluding hydrogens is 304 g/mol. The van der Waals surface area contributed by atoms with Crippen LogP contribution in [0.25, 0.3) is 0 Å². The Bertz CT molecular complexity index is 410. The lowest BCUT2D eigenvalue weighted by Crippen LogP contribution is -2.25. The Labute approximate surface area is 146 Å². The molecule has 4 nitrogen and oxygen atoms in total. The Morgan fingerprint density at radius 3 is 2.67 bits per heavy atom. The quantitative estimate of drug-likeness (QED) is 0.347. The van der Waals surface area contributed by atoms with Crippen LogP contribution in [0, 0.1) is 35.5 Å². The van der Waals surface area contributed by atoms with Crippen LogP contribution in [0.1, 0.15) is 46.0 Å². The van der Waals surface area contributed by atoms with Gasteiger partial charge in [-0.25, -0.2) is 0 Å². The van der Waals surface area contributed by atoms with Crippen LogP contribution in [-0.4, -0.2) is 45.4 Å². The zero-order chi connectivity index (χ0) is 16.5. The van der Waals surface area contributed by atoms with Crippen LogP contribution < -0.4 is 0 Å². The molecule has 0 spiro atoms. The van der Waals surface area contributed by atoms with Gasteiger partial charge in [-0.05, 0) is 81.5 Å². The molecule has 4 heteroatoms. The highest BCUT2D eigenvalue weighted by atomic mass is 16.7. The van der Waals surface area contributed by atoms with E-state index >= 15 is 0 Å². The van der Waals surface area contributed by atoms with Crippen LogP contribution in [-0.2, 0) is 18.9 Å². The van der Waals surface area contributed by atoms with Crippen molar-refractivity contribution in [2.45, 2.75) is 58.2 Å². The van der Waals surface area contributed by atoms with Gasteiger partial charge in [-0.1, -0.05) is 0 Å². The fourth-order valence-electron chi connectivity index (χ4n) is 5.96. The van der Waals surface area contributed by atoms with Gasteiger partial charge in [0.05, 0.1) is 19.3 Å². The Hall–Kier alpha value is -0.160. The van der Waals surface area contributed by atoms with Gasteiger partial charge in [0, 0.05) is 13.2 Å². The fourth-order valence-corrected chi connectivity index (χ4v) is 5.96. The standard InChI is InChI=1S/C20H34O4/c1-3-21-12-24-13(2)15-7-19-16-6-14(18(9-16)20(19)8-15)4-5-22-10-17-11-23-17/h13-20H,3-12H2,1-2H3. The second-order valence-electron chi connectivity index (χ2n) is 8.52. The predicted molar refractivity (Wildman–Crippen MR) is 91.6 cm³/mol. The Morgan fingerprint density at radius 2 is 1.88 bits per heavy atom. The van der Waals surface area contributed by atoms with Crippen LogP contribution in [0.4, 0.5) is 0 Å². The second kappa shape index (κ2) is 7.61. The van der Waals surface area contributed by atoms with Crippen molar-refractivity contribution in [1.82, 2.24) is 0 Å². The molecule has 0 N–H and O–H groups in total. The van der Waals surface area contributed by atoms with Crippen LogP contribution in [0.5, 0.6) is 0 Å². The summed E-state index contributed by atoms with van der Waals surface area (Å²) >= 11 is 0. The van der Waals surface area contributed by atoms with Gasteiger partial charge in [0.15, 0.2) is 0 Å². The summed E-state index contributed by atoms with van der Waals surface area (Å²) in [6.07, 6.45) is 7.74. The minimum absolute atomic E-state index is 0.349. The number of rotatable bonds is 10. The van der Waals surface area contributed by atoms with E-state index in [2.05, 4.69) is 6.92 Å². The number of hydrogen-bond acceptors (Lipinski definition) is 4. The molecule has 1 heterocycles. The average Bonchev–Trinajstić information content (AvgIpc) is 3.02. The van der Waals surface area contributed by atoms with Crippen molar-refractivity contribution in [3.63, 3.8) is 0 Å². The van der Waals surface area contributed by atoms with Crippen molar-refractivity contribution in [2.24, 2.45) is 35.5 Å². The molecule has 1 aliphatic heterocycles. The third-order valence-corrected chi connectivity index (χ3v) is 7.26. The molecule has 4 fully saturated rings. The summed E-state index contributed by atoms with van der Waals surface area (Å²) < 4.78 is 22.3. The highest BCUT2D eigenvalue weighted by Crippen LogP contribution is 2.63. The van der Waals surface area contributed by atoms with Gasteiger partial charge in [0.1, 0.15) is 12.9 Å². The minimum Gasteiger partial charge on any atom is -0.379 e. The molecule has 1 saturated heterocycles. The fraction of sp³-hybridized carbons (Fsp3) is 1.00. The van der Waals surface area contributed by atoms with Crippen molar-refractivity contribution >= 4 is 0 Å². The van der Waals surface area contributed by atoms with Gasteiger partial charge < -0.3 is 18.9 Å². The molecule has 4 rings (SSSR count). The Morgan fingerprint density at radius 1 is 1.04 bits per heavy atom. The van der Waals surface area contributed by atoms with E-state index in [-0.39, 0.29) is 0 Å². The molecule has 0 aromatic carbocycles. The SMILES string of the molecule is CCOCOC(C)C1CC2C3CC(CCOCC4CO4)C(C3)C2C1. The first-order valence-electron chi connectivity index (χ1n) is 10.1. The molecule has 0 aromatic heterocycles. The van der Waals surface area contributed by atoms with E-state index in [1.807, 2.05) is 6.92 Å². The molecule has 0 aromatic rings. The normalized spacial score (nSPS) is 44.0. The van der Waals surface area contributed by atoms with Crippen molar-refractivity contribution in [2.75, 3.05) is 33.2 Å². The summed E-state index contributed by atoms with van der Waals surface area (Å²) in [5.41, 5.74) is 0. The van der Waals surface area contributed by atoms with Gasteiger partial charge >= 0.3 is 0 Å². The van der Waals surface area contributed by atoms with E-state index in [9.17, 15) is 0 Å². The topological polar surface area (TPSA) is 40.2 Å². The Balaban J connectivity index is 1.22. The summed E-state index contributed by atoms with van der Waals surface area (Å²) in [4.78, 5) is 0. The molecule has 8 unspecified atom stereocenters. The lowest BCUT2D eigenvalue weighted by atomic mass is 9.75. The van der Waals surface area contributed by atoms with Gasteiger partial charge in [-0.3, -0.25) is 0 Å². The minimum atomic E-state index is 0.349. The van der Waals surface area contributed by atoms with Gasteiger partial charge in [0.2, 0.25) is 0 Å². The number of ether oxygens (including phenoxy) is 4. The molecular formula is C20H34O4.